The van der Waals surface area contributed by atoms with Gasteiger partial charge in [0.1, 0.15) is 0 Å². The third-order valence-corrected chi connectivity index (χ3v) is 5.91. The Bertz CT molecular complexity index is 974. The van der Waals surface area contributed by atoms with E-state index >= 15 is 0 Å². The van der Waals surface area contributed by atoms with Gasteiger partial charge in [-0.1, -0.05) is 12.1 Å². The fourth-order valence-electron chi connectivity index (χ4n) is 3.21. The average Bonchev–Trinajstić information content (AvgIpc) is 2.94. The van der Waals surface area contributed by atoms with Crippen LogP contribution >= 0.6 is 0 Å². The molecule has 0 aromatic heterocycles. The Hall–Kier alpha value is -2.74. The first-order chi connectivity index (χ1) is 13.0. The molecule has 0 radical (unpaired) electrons. The van der Waals surface area contributed by atoms with E-state index in [-0.39, 0.29) is 10.8 Å². The molecule has 8 heteroatoms. The number of hydrogen-bond donors (Lipinski definition) is 1. The average molecular weight is 388 g/mol. The first kappa shape index (κ1) is 17.7. The van der Waals surface area contributed by atoms with Crippen LogP contribution in [-0.4, -0.2) is 34.1 Å². The Kier molecular flexibility index (Phi) is 4.65. The van der Waals surface area contributed by atoms with Crippen LogP contribution in [0.5, 0.6) is 11.5 Å². The van der Waals surface area contributed by atoms with Crippen LogP contribution in [-0.2, 0) is 14.8 Å². The van der Waals surface area contributed by atoms with Crippen LogP contribution in [0, 0.1) is 0 Å². The van der Waals surface area contributed by atoms with Crippen LogP contribution in [0.15, 0.2) is 47.4 Å². The number of anilines is 2. The molecular formula is C19H20N2O5S. The number of hydrogen-bond acceptors (Lipinski definition) is 5. The van der Waals surface area contributed by atoms with E-state index in [1.165, 1.54) is 12.1 Å². The third kappa shape index (κ3) is 3.57. The molecule has 0 atom stereocenters. The van der Waals surface area contributed by atoms with Crippen LogP contribution < -0.4 is 19.1 Å². The van der Waals surface area contributed by atoms with Crippen LogP contribution in [0.25, 0.3) is 0 Å². The summed E-state index contributed by atoms with van der Waals surface area (Å²) in [5, 5.41) is 0. The van der Waals surface area contributed by atoms with Crippen LogP contribution in [0.3, 0.4) is 0 Å². The molecule has 2 aromatic rings. The number of ether oxygens (including phenoxy) is 2. The molecule has 142 valence electrons. The molecule has 0 saturated carbocycles. The zero-order valence-electron chi connectivity index (χ0n) is 14.7. The standard InChI is InChI=1S/C19H20N2O5S/c22-19-7-3-10-21(19)16-6-2-1-5-15(16)20-27(23,24)14-8-9-17-18(13-14)26-12-4-11-25-17/h1-2,5-6,8-9,13,20H,3-4,7,10-12H2. The minimum Gasteiger partial charge on any atom is -0.490 e. The van der Waals surface area contributed by atoms with Crippen molar-refractivity contribution in [2.24, 2.45) is 0 Å². The predicted molar refractivity (Wildman–Crippen MR) is 101 cm³/mol. The summed E-state index contributed by atoms with van der Waals surface area (Å²) < 4.78 is 39.6. The van der Waals surface area contributed by atoms with E-state index in [2.05, 4.69) is 4.72 Å². The Labute approximate surface area is 157 Å². The second kappa shape index (κ2) is 7.11. The highest BCUT2D eigenvalue weighted by Gasteiger charge is 2.26. The quantitative estimate of drug-likeness (QED) is 0.871. The fraction of sp³-hybridized carbons (Fsp3) is 0.316. The van der Waals surface area contributed by atoms with E-state index in [4.69, 9.17) is 9.47 Å². The number of para-hydroxylation sites is 2. The number of sulfonamides is 1. The minimum absolute atomic E-state index is 0.00257. The number of carbonyl (C=O) groups is 1. The molecule has 1 N–H and O–H groups in total. The molecule has 7 nitrogen and oxygen atoms in total. The largest absolute Gasteiger partial charge is 0.490 e. The fourth-order valence-corrected chi connectivity index (χ4v) is 4.30. The van der Waals surface area contributed by atoms with Gasteiger partial charge in [0.2, 0.25) is 5.91 Å². The summed E-state index contributed by atoms with van der Waals surface area (Å²) in [6, 6.07) is 11.5. The molecule has 2 aliphatic heterocycles. The Morgan fingerprint density at radius 1 is 0.963 bits per heavy atom. The van der Waals surface area contributed by atoms with Gasteiger partial charge in [0.25, 0.3) is 10.0 Å². The maximum atomic E-state index is 12.9. The molecule has 1 saturated heterocycles. The van der Waals surface area contributed by atoms with Gasteiger partial charge in [-0.15, -0.1) is 0 Å². The first-order valence-electron chi connectivity index (χ1n) is 8.86. The lowest BCUT2D eigenvalue weighted by atomic mass is 10.2. The van der Waals surface area contributed by atoms with Crippen molar-refractivity contribution in [1.82, 2.24) is 0 Å². The highest BCUT2D eigenvalue weighted by Crippen LogP contribution is 2.34. The SMILES string of the molecule is O=C1CCCN1c1ccccc1NS(=O)(=O)c1ccc2c(c1)OCCCO2. The van der Waals surface area contributed by atoms with Crippen molar-refractivity contribution in [1.29, 1.82) is 0 Å². The second-order valence-corrected chi connectivity index (χ2v) is 8.11. The topological polar surface area (TPSA) is 84.9 Å². The van der Waals surface area contributed by atoms with Gasteiger partial charge in [-0.2, -0.15) is 0 Å². The third-order valence-electron chi connectivity index (χ3n) is 4.54. The zero-order chi connectivity index (χ0) is 18.9. The van der Waals surface area contributed by atoms with Gasteiger partial charge < -0.3 is 14.4 Å². The zero-order valence-corrected chi connectivity index (χ0v) is 15.5. The van der Waals surface area contributed by atoms with Crippen molar-refractivity contribution in [3.8, 4) is 11.5 Å². The molecule has 0 aliphatic carbocycles. The maximum Gasteiger partial charge on any atom is 0.262 e. The van der Waals surface area contributed by atoms with Gasteiger partial charge in [-0.25, -0.2) is 8.42 Å². The van der Waals surface area contributed by atoms with E-state index in [1.54, 1.807) is 35.2 Å². The molecule has 0 bridgehead atoms. The van der Waals surface area contributed by atoms with E-state index in [9.17, 15) is 13.2 Å². The molecular weight excluding hydrogens is 368 g/mol. The van der Waals surface area contributed by atoms with Crippen LogP contribution in [0.2, 0.25) is 0 Å². The Morgan fingerprint density at radius 2 is 1.74 bits per heavy atom. The lowest BCUT2D eigenvalue weighted by Gasteiger charge is -2.20. The van der Waals surface area contributed by atoms with Gasteiger partial charge in [0, 0.05) is 25.5 Å². The van der Waals surface area contributed by atoms with Gasteiger partial charge in [-0.05, 0) is 30.7 Å². The summed E-state index contributed by atoms with van der Waals surface area (Å²) >= 11 is 0. The van der Waals surface area contributed by atoms with Crippen molar-refractivity contribution in [2.45, 2.75) is 24.2 Å². The summed E-state index contributed by atoms with van der Waals surface area (Å²) in [7, 11) is -3.85. The van der Waals surface area contributed by atoms with Gasteiger partial charge in [0.15, 0.2) is 11.5 Å². The Balaban J connectivity index is 1.65. The molecule has 2 heterocycles. The molecule has 0 unspecified atom stereocenters. The summed E-state index contributed by atoms with van der Waals surface area (Å²) in [6.07, 6.45) is 1.98. The minimum atomic E-state index is -3.85. The highest BCUT2D eigenvalue weighted by molar-refractivity contribution is 7.92. The molecule has 1 amide bonds. The Morgan fingerprint density at radius 3 is 2.52 bits per heavy atom. The number of amides is 1. The van der Waals surface area contributed by atoms with Crippen LogP contribution in [0.4, 0.5) is 11.4 Å². The van der Waals surface area contributed by atoms with Gasteiger partial charge in [-0.3, -0.25) is 9.52 Å². The van der Waals surface area contributed by atoms with Crippen molar-refractivity contribution in [3.05, 3.63) is 42.5 Å². The van der Waals surface area contributed by atoms with Crippen molar-refractivity contribution in [3.63, 3.8) is 0 Å². The second-order valence-electron chi connectivity index (χ2n) is 6.43. The maximum absolute atomic E-state index is 12.9. The van der Waals surface area contributed by atoms with Crippen LogP contribution in [0.1, 0.15) is 19.3 Å². The summed E-state index contributed by atoms with van der Waals surface area (Å²) in [4.78, 5) is 13.8. The van der Waals surface area contributed by atoms with E-state index in [1.807, 2.05) is 0 Å². The summed E-state index contributed by atoms with van der Waals surface area (Å²) in [5.74, 6) is 0.949. The summed E-state index contributed by atoms with van der Waals surface area (Å²) in [6.45, 7) is 1.60. The molecule has 27 heavy (non-hydrogen) atoms. The first-order valence-corrected chi connectivity index (χ1v) is 10.3. The molecule has 2 aliphatic rings. The van der Waals surface area contributed by atoms with E-state index in [0.717, 1.165) is 12.8 Å². The highest BCUT2D eigenvalue weighted by atomic mass is 32.2. The van der Waals surface area contributed by atoms with Gasteiger partial charge in [0.05, 0.1) is 29.5 Å². The smallest absolute Gasteiger partial charge is 0.262 e. The number of rotatable bonds is 4. The van der Waals surface area contributed by atoms with Crippen molar-refractivity contribution < 1.29 is 22.7 Å². The number of fused-ring (bicyclic) bond motifs is 1. The predicted octanol–water partition coefficient (Wildman–Crippen LogP) is 2.78. The molecule has 0 spiro atoms. The van der Waals surface area contributed by atoms with E-state index < -0.39 is 10.0 Å². The van der Waals surface area contributed by atoms with Gasteiger partial charge >= 0.3 is 0 Å². The number of nitrogens with one attached hydrogen (secondary N) is 1. The lowest BCUT2D eigenvalue weighted by molar-refractivity contribution is -0.117. The number of benzene rings is 2. The number of nitrogens with zero attached hydrogens (tertiary/aromatic N) is 1. The molecule has 1 fully saturated rings. The normalized spacial score (nSPS) is 16.9. The molecule has 4 rings (SSSR count). The van der Waals surface area contributed by atoms with Crippen molar-refractivity contribution >= 4 is 27.3 Å². The van der Waals surface area contributed by atoms with Crippen molar-refractivity contribution in [2.75, 3.05) is 29.4 Å². The van der Waals surface area contributed by atoms with E-state index in [0.29, 0.717) is 49.1 Å². The monoisotopic (exact) mass is 388 g/mol. The summed E-state index contributed by atoms with van der Waals surface area (Å²) in [5.41, 5.74) is 0.942. The number of carbonyl (C=O) groups excluding carboxylic acids is 1. The molecule has 2 aromatic carbocycles. The lowest BCUT2D eigenvalue weighted by Crippen LogP contribution is -2.25.